The molecule has 0 aliphatic heterocycles. The van der Waals surface area contributed by atoms with Crippen LogP contribution in [0.25, 0.3) is 0 Å². The molecule has 0 atom stereocenters. The van der Waals surface area contributed by atoms with Gasteiger partial charge in [-0.2, -0.15) is 18.3 Å². The van der Waals surface area contributed by atoms with Crippen LogP contribution in [0.4, 0.5) is 24.5 Å². The van der Waals surface area contributed by atoms with Crippen LogP contribution in [-0.2, 0) is 22.3 Å². The topological polar surface area (TPSA) is 76.0 Å². The van der Waals surface area contributed by atoms with Crippen molar-refractivity contribution in [3.05, 3.63) is 41.7 Å². The number of hydrogen-bond acceptors (Lipinski definition) is 3. The largest absolute Gasteiger partial charge is 0.435 e. The van der Waals surface area contributed by atoms with Gasteiger partial charge < -0.3 is 10.6 Å². The molecule has 1 aromatic carbocycles. The van der Waals surface area contributed by atoms with Crippen LogP contribution in [0, 0.1) is 0 Å². The van der Waals surface area contributed by atoms with Crippen molar-refractivity contribution in [3.8, 4) is 0 Å². The summed E-state index contributed by atoms with van der Waals surface area (Å²) in [6, 6.07) is 7.63. The van der Waals surface area contributed by atoms with Gasteiger partial charge in [-0.05, 0) is 43.2 Å². The molecule has 9 heteroatoms. The summed E-state index contributed by atoms with van der Waals surface area (Å²) in [6.45, 7) is 1.47. The van der Waals surface area contributed by atoms with Crippen molar-refractivity contribution in [1.82, 2.24) is 9.78 Å². The predicted molar refractivity (Wildman–Crippen MR) is 93.2 cm³/mol. The number of benzene rings is 1. The molecule has 6 nitrogen and oxygen atoms in total. The van der Waals surface area contributed by atoms with Crippen LogP contribution in [0.5, 0.6) is 0 Å². The van der Waals surface area contributed by atoms with Crippen LogP contribution in [0.1, 0.15) is 43.5 Å². The maximum Gasteiger partial charge on any atom is 0.435 e. The van der Waals surface area contributed by atoms with Crippen molar-refractivity contribution in [2.75, 3.05) is 10.6 Å². The quantitative estimate of drug-likeness (QED) is 0.801. The number of carbonyl (C=O) groups is 2. The predicted octanol–water partition coefficient (Wildman–Crippen LogP) is 3.77. The highest BCUT2D eigenvalue weighted by molar-refractivity contribution is 5.92. The first-order valence-electron chi connectivity index (χ1n) is 8.55. The smallest absolute Gasteiger partial charge is 0.326 e. The molecule has 1 fully saturated rings. The molecule has 1 aliphatic carbocycles. The number of carbonyl (C=O) groups excluding carboxylic acids is 2. The second kappa shape index (κ2) is 7.42. The normalized spacial score (nSPS) is 14.1. The lowest BCUT2D eigenvalue weighted by Gasteiger charge is -2.09. The second-order valence-corrected chi connectivity index (χ2v) is 6.51. The minimum atomic E-state index is -4.49. The fraction of sp³-hybridized carbons (Fsp3) is 0.389. The molecular formula is C18H19F3N4O2. The number of aryl methyl sites for hydroxylation is 1. The third-order valence-electron chi connectivity index (χ3n) is 4.14. The molecule has 0 unspecified atom stereocenters. The van der Waals surface area contributed by atoms with Crippen LogP contribution in [0.3, 0.4) is 0 Å². The number of aromatic nitrogens is 2. The van der Waals surface area contributed by atoms with Crippen molar-refractivity contribution in [1.29, 1.82) is 0 Å². The fourth-order valence-electron chi connectivity index (χ4n) is 2.73. The lowest BCUT2D eigenvalue weighted by molar-refractivity contribution is -0.141. The number of rotatable bonds is 6. The Morgan fingerprint density at radius 1 is 1.15 bits per heavy atom. The van der Waals surface area contributed by atoms with Crippen molar-refractivity contribution in [2.24, 2.45) is 0 Å². The molecule has 2 N–H and O–H groups in total. The highest BCUT2D eigenvalue weighted by Crippen LogP contribution is 2.42. The number of anilines is 2. The van der Waals surface area contributed by atoms with Crippen LogP contribution in [0.2, 0.25) is 0 Å². The Morgan fingerprint density at radius 3 is 2.26 bits per heavy atom. The summed E-state index contributed by atoms with van der Waals surface area (Å²) in [6.07, 6.45) is -2.80. The van der Waals surface area contributed by atoms with E-state index in [0.717, 1.165) is 18.9 Å². The van der Waals surface area contributed by atoms with E-state index in [0.29, 0.717) is 17.1 Å². The van der Waals surface area contributed by atoms with E-state index >= 15 is 0 Å². The summed E-state index contributed by atoms with van der Waals surface area (Å²) >= 11 is 0. The average Bonchev–Trinajstić information content (AvgIpc) is 3.32. The van der Waals surface area contributed by atoms with Gasteiger partial charge in [0.1, 0.15) is 0 Å². The minimum Gasteiger partial charge on any atom is -0.326 e. The van der Waals surface area contributed by atoms with Gasteiger partial charge in [-0.25, -0.2) is 0 Å². The summed E-state index contributed by atoms with van der Waals surface area (Å²) < 4.78 is 39.9. The molecule has 27 heavy (non-hydrogen) atoms. The highest BCUT2D eigenvalue weighted by atomic mass is 19.4. The van der Waals surface area contributed by atoms with Gasteiger partial charge in [0.2, 0.25) is 11.8 Å². The van der Waals surface area contributed by atoms with Gasteiger partial charge in [0.15, 0.2) is 5.69 Å². The Bertz CT molecular complexity index is 839. The first kappa shape index (κ1) is 18.9. The van der Waals surface area contributed by atoms with E-state index in [4.69, 9.17) is 0 Å². The molecule has 0 radical (unpaired) electrons. The Hall–Kier alpha value is -2.84. The zero-order valence-corrected chi connectivity index (χ0v) is 14.6. The maximum absolute atomic E-state index is 12.9. The molecule has 2 aromatic rings. The SMILES string of the molecule is CC(=O)Nc1ccc(NC(=O)CCn2nc(C(F)(F)F)cc2C2CC2)cc1. The van der Waals surface area contributed by atoms with E-state index < -0.39 is 11.9 Å². The van der Waals surface area contributed by atoms with E-state index in [2.05, 4.69) is 15.7 Å². The molecule has 144 valence electrons. The van der Waals surface area contributed by atoms with E-state index in [-0.39, 0.29) is 30.7 Å². The van der Waals surface area contributed by atoms with Crippen LogP contribution >= 0.6 is 0 Å². The zero-order chi connectivity index (χ0) is 19.6. The molecule has 1 heterocycles. The summed E-state index contributed by atoms with van der Waals surface area (Å²) in [5.41, 5.74) is 0.756. The van der Waals surface area contributed by atoms with Gasteiger partial charge >= 0.3 is 6.18 Å². The van der Waals surface area contributed by atoms with E-state index in [1.807, 2.05) is 0 Å². The molecular weight excluding hydrogens is 361 g/mol. The number of alkyl halides is 3. The van der Waals surface area contributed by atoms with Gasteiger partial charge in [-0.3, -0.25) is 14.3 Å². The van der Waals surface area contributed by atoms with Crippen molar-refractivity contribution in [2.45, 2.75) is 44.8 Å². The number of amides is 2. The molecule has 2 amide bonds. The van der Waals surface area contributed by atoms with Crippen LogP contribution < -0.4 is 10.6 Å². The Balaban J connectivity index is 1.59. The van der Waals surface area contributed by atoms with Crippen molar-refractivity contribution < 1.29 is 22.8 Å². The zero-order valence-electron chi connectivity index (χ0n) is 14.6. The number of nitrogens with zero attached hydrogens (tertiary/aromatic N) is 2. The molecule has 1 aromatic heterocycles. The standard InChI is InChI=1S/C18H19F3N4O2/c1-11(26)22-13-4-6-14(7-5-13)23-17(27)8-9-25-15(12-2-3-12)10-16(24-25)18(19,20)21/h4-7,10,12H,2-3,8-9H2,1H3,(H,22,26)(H,23,27). The second-order valence-electron chi connectivity index (χ2n) is 6.51. The number of hydrogen-bond donors (Lipinski definition) is 2. The van der Waals surface area contributed by atoms with Crippen molar-refractivity contribution in [3.63, 3.8) is 0 Å². The van der Waals surface area contributed by atoms with Crippen LogP contribution in [-0.4, -0.2) is 21.6 Å². The van der Waals surface area contributed by atoms with Gasteiger partial charge in [0.25, 0.3) is 0 Å². The van der Waals surface area contributed by atoms with Gasteiger partial charge in [0, 0.05) is 42.9 Å². The lowest BCUT2D eigenvalue weighted by atomic mass is 10.2. The van der Waals surface area contributed by atoms with Gasteiger partial charge in [-0.1, -0.05) is 0 Å². The summed E-state index contributed by atoms with van der Waals surface area (Å²) in [5, 5.41) is 8.93. The fourth-order valence-corrected chi connectivity index (χ4v) is 2.73. The third kappa shape index (κ3) is 5.08. The average molecular weight is 380 g/mol. The van der Waals surface area contributed by atoms with E-state index in [1.165, 1.54) is 11.6 Å². The number of halogens is 3. The summed E-state index contributed by atoms with van der Waals surface area (Å²) in [5.74, 6) is -0.429. The minimum absolute atomic E-state index is 0.00610. The molecule has 1 saturated carbocycles. The lowest BCUT2D eigenvalue weighted by Crippen LogP contribution is -2.16. The van der Waals surface area contributed by atoms with Gasteiger partial charge in [0.05, 0.1) is 0 Å². The van der Waals surface area contributed by atoms with E-state index in [9.17, 15) is 22.8 Å². The Morgan fingerprint density at radius 2 is 1.74 bits per heavy atom. The van der Waals surface area contributed by atoms with Crippen molar-refractivity contribution >= 4 is 23.2 Å². The maximum atomic E-state index is 12.9. The first-order chi connectivity index (χ1) is 12.7. The van der Waals surface area contributed by atoms with E-state index in [1.54, 1.807) is 24.3 Å². The third-order valence-corrected chi connectivity index (χ3v) is 4.14. The monoisotopic (exact) mass is 380 g/mol. The Labute approximate surface area is 153 Å². The summed E-state index contributed by atoms with van der Waals surface area (Å²) in [4.78, 5) is 23.1. The van der Waals surface area contributed by atoms with Crippen LogP contribution in [0.15, 0.2) is 30.3 Å². The Kier molecular flexibility index (Phi) is 5.20. The molecule has 1 aliphatic rings. The first-order valence-corrected chi connectivity index (χ1v) is 8.55. The number of nitrogens with one attached hydrogen (secondary N) is 2. The molecule has 3 rings (SSSR count). The summed E-state index contributed by atoms with van der Waals surface area (Å²) in [7, 11) is 0. The highest BCUT2D eigenvalue weighted by Gasteiger charge is 2.37. The molecule has 0 saturated heterocycles. The van der Waals surface area contributed by atoms with Gasteiger partial charge in [-0.15, -0.1) is 0 Å². The molecule has 0 bridgehead atoms. The molecule has 0 spiro atoms.